The molecule has 1 aliphatic carbocycles. The van der Waals surface area contributed by atoms with Gasteiger partial charge in [0.1, 0.15) is 11.6 Å². The van der Waals surface area contributed by atoms with E-state index in [1.807, 2.05) is 6.92 Å². The third-order valence-corrected chi connectivity index (χ3v) is 5.24. The van der Waals surface area contributed by atoms with E-state index in [-0.39, 0.29) is 11.8 Å². The van der Waals surface area contributed by atoms with E-state index in [0.717, 1.165) is 56.1 Å². The summed E-state index contributed by atoms with van der Waals surface area (Å²) in [5.41, 5.74) is 2.24. The molecule has 1 N–H and O–H groups in total. The first-order valence-electron chi connectivity index (χ1n) is 9.58. The van der Waals surface area contributed by atoms with Gasteiger partial charge in [-0.3, -0.25) is 4.79 Å². The van der Waals surface area contributed by atoms with Crippen molar-refractivity contribution in [1.29, 1.82) is 0 Å². The number of nitrogens with one attached hydrogen (secondary N) is 1. The third-order valence-electron chi connectivity index (χ3n) is 5.24. The van der Waals surface area contributed by atoms with Crippen LogP contribution in [0.4, 0.5) is 5.82 Å². The predicted octanol–water partition coefficient (Wildman–Crippen LogP) is 3.14. The first-order valence-corrected chi connectivity index (χ1v) is 9.58. The predicted molar refractivity (Wildman–Crippen MR) is 96.0 cm³/mol. The molecule has 2 heterocycles. The van der Waals surface area contributed by atoms with Gasteiger partial charge in [-0.25, -0.2) is 9.97 Å². The molecule has 1 aromatic heterocycles. The fourth-order valence-corrected chi connectivity index (χ4v) is 3.76. The van der Waals surface area contributed by atoms with Crippen LogP contribution in [0.1, 0.15) is 69.0 Å². The summed E-state index contributed by atoms with van der Waals surface area (Å²) in [7, 11) is 0. The Morgan fingerprint density at radius 2 is 1.92 bits per heavy atom. The molecular weight excluding hydrogens is 300 g/mol. The molecule has 2 aliphatic rings. The van der Waals surface area contributed by atoms with Gasteiger partial charge in [0.05, 0.1) is 12.2 Å². The SMILES string of the molecule is CCCc1c(CNC(=O)C2CCCCC2)nc(C)nc1N1CCC1. The molecule has 1 amide bonds. The second kappa shape index (κ2) is 7.95. The lowest BCUT2D eigenvalue weighted by atomic mass is 9.88. The summed E-state index contributed by atoms with van der Waals surface area (Å²) in [5.74, 6) is 2.31. The summed E-state index contributed by atoms with van der Waals surface area (Å²) in [6.07, 6.45) is 9.00. The summed E-state index contributed by atoms with van der Waals surface area (Å²) in [6.45, 7) is 6.84. The van der Waals surface area contributed by atoms with Gasteiger partial charge in [0.15, 0.2) is 0 Å². The summed E-state index contributed by atoms with van der Waals surface area (Å²) < 4.78 is 0. The average Bonchev–Trinajstić information content (AvgIpc) is 2.54. The minimum atomic E-state index is 0.200. The molecule has 1 aliphatic heterocycles. The first-order chi connectivity index (χ1) is 11.7. The Morgan fingerprint density at radius 1 is 1.17 bits per heavy atom. The lowest BCUT2D eigenvalue weighted by Crippen LogP contribution is -2.39. The number of anilines is 1. The van der Waals surface area contributed by atoms with Crippen LogP contribution in [-0.2, 0) is 17.8 Å². The Labute approximate surface area is 145 Å². The number of amides is 1. The zero-order valence-corrected chi connectivity index (χ0v) is 15.1. The molecule has 0 radical (unpaired) electrons. The van der Waals surface area contributed by atoms with Crippen LogP contribution in [0.15, 0.2) is 0 Å². The van der Waals surface area contributed by atoms with Crippen LogP contribution in [0, 0.1) is 12.8 Å². The molecule has 5 nitrogen and oxygen atoms in total. The highest BCUT2D eigenvalue weighted by Crippen LogP contribution is 2.27. The largest absolute Gasteiger partial charge is 0.356 e. The Morgan fingerprint density at radius 3 is 2.54 bits per heavy atom. The van der Waals surface area contributed by atoms with Crippen molar-refractivity contribution in [2.75, 3.05) is 18.0 Å². The summed E-state index contributed by atoms with van der Waals surface area (Å²) in [6, 6.07) is 0. The molecule has 1 saturated heterocycles. The molecule has 0 spiro atoms. The molecule has 0 atom stereocenters. The minimum absolute atomic E-state index is 0.200. The van der Waals surface area contributed by atoms with E-state index in [1.165, 1.54) is 31.2 Å². The fraction of sp³-hybridized carbons (Fsp3) is 0.737. The van der Waals surface area contributed by atoms with Crippen LogP contribution in [-0.4, -0.2) is 29.0 Å². The fourth-order valence-electron chi connectivity index (χ4n) is 3.76. The van der Waals surface area contributed by atoms with E-state index >= 15 is 0 Å². The zero-order chi connectivity index (χ0) is 16.9. The van der Waals surface area contributed by atoms with E-state index in [4.69, 9.17) is 4.98 Å². The smallest absolute Gasteiger partial charge is 0.223 e. The Balaban J connectivity index is 1.73. The molecule has 1 saturated carbocycles. The van der Waals surface area contributed by atoms with Gasteiger partial charge >= 0.3 is 0 Å². The zero-order valence-electron chi connectivity index (χ0n) is 15.1. The van der Waals surface area contributed by atoms with Crippen LogP contribution < -0.4 is 10.2 Å². The number of hydrogen-bond acceptors (Lipinski definition) is 4. The molecule has 5 heteroatoms. The van der Waals surface area contributed by atoms with Crippen molar-refractivity contribution >= 4 is 11.7 Å². The molecule has 3 rings (SSSR count). The van der Waals surface area contributed by atoms with E-state index in [9.17, 15) is 4.79 Å². The minimum Gasteiger partial charge on any atom is -0.356 e. The van der Waals surface area contributed by atoms with Crippen molar-refractivity contribution < 1.29 is 4.79 Å². The summed E-state index contributed by atoms with van der Waals surface area (Å²) >= 11 is 0. The molecule has 0 unspecified atom stereocenters. The van der Waals surface area contributed by atoms with Crippen LogP contribution in [0.2, 0.25) is 0 Å². The Hall–Kier alpha value is -1.65. The Kier molecular flexibility index (Phi) is 5.69. The number of aryl methyl sites for hydroxylation is 1. The number of rotatable bonds is 6. The molecule has 132 valence electrons. The first kappa shape index (κ1) is 17.2. The topological polar surface area (TPSA) is 58.1 Å². The number of carbonyl (C=O) groups excluding carboxylic acids is 1. The quantitative estimate of drug-likeness (QED) is 0.870. The van der Waals surface area contributed by atoms with Crippen molar-refractivity contribution in [1.82, 2.24) is 15.3 Å². The van der Waals surface area contributed by atoms with E-state index < -0.39 is 0 Å². The molecule has 1 aromatic rings. The maximum Gasteiger partial charge on any atom is 0.223 e. The van der Waals surface area contributed by atoms with Gasteiger partial charge in [0.2, 0.25) is 5.91 Å². The highest BCUT2D eigenvalue weighted by Gasteiger charge is 2.24. The second-order valence-corrected chi connectivity index (χ2v) is 7.16. The lowest BCUT2D eigenvalue weighted by molar-refractivity contribution is -0.126. The van der Waals surface area contributed by atoms with Gasteiger partial charge in [0.25, 0.3) is 0 Å². The van der Waals surface area contributed by atoms with Gasteiger partial charge in [-0.05, 0) is 32.6 Å². The van der Waals surface area contributed by atoms with Gasteiger partial charge in [-0.1, -0.05) is 32.6 Å². The number of aromatic nitrogens is 2. The highest BCUT2D eigenvalue weighted by atomic mass is 16.1. The summed E-state index contributed by atoms with van der Waals surface area (Å²) in [5, 5.41) is 3.15. The highest BCUT2D eigenvalue weighted by molar-refractivity contribution is 5.78. The second-order valence-electron chi connectivity index (χ2n) is 7.16. The van der Waals surface area contributed by atoms with Crippen LogP contribution in [0.3, 0.4) is 0 Å². The van der Waals surface area contributed by atoms with Gasteiger partial charge in [-0.15, -0.1) is 0 Å². The standard InChI is InChI=1S/C19H30N4O/c1-3-8-16-17(13-20-19(24)15-9-5-4-6-10-15)21-14(2)22-18(16)23-11-7-12-23/h15H,3-13H2,1-2H3,(H,20,24). The van der Waals surface area contributed by atoms with Crippen LogP contribution in [0.5, 0.6) is 0 Å². The third kappa shape index (κ3) is 3.87. The van der Waals surface area contributed by atoms with Crippen molar-refractivity contribution in [3.8, 4) is 0 Å². The van der Waals surface area contributed by atoms with Crippen molar-refractivity contribution in [3.63, 3.8) is 0 Å². The van der Waals surface area contributed by atoms with Crippen molar-refractivity contribution in [2.24, 2.45) is 5.92 Å². The number of carbonyl (C=O) groups is 1. The molecule has 0 aromatic carbocycles. The van der Waals surface area contributed by atoms with Crippen molar-refractivity contribution in [3.05, 3.63) is 17.1 Å². The number of hydrogen-bond donors (Lipinski definition) is 1. The molecule has 24 heavy (non-hydrogen) atoms. The average molecular weight is 330 g/mol. The van der Waals surface area contributed by atoms with Gasteiger partial charge in [0, 0.05) is 24.6 Å². The normalized spacial score (nSPS) is 18.3. The summed E-state index contributed by atoms with van der Waals surface area (Å²) in [4.78, 5) is 24.1. The van der Waals surface area contributed by atoms with Gasteiger partial charge in [-0.2, -0.15) is 0 Å². The van der Waals surface area contributed by atoms with E-state index in [0.29, 0.717) is 6.54 Å². The maximum absolute atomic E-state index is 12.4. The van der Waals surface area contributed by atoms with Crippen LogP contribution in [0.25, 0.3) is 0 Å². The van der Waals surface area contributed by atoms with Crippen molar-refractivity contribution in [2.45, 2.75) is 71.8 Å². The van der Waals surface area contributed by atoms with Crippen LogP contribution >= 0.6 is 0 Å². The Bertz CT molecular complexity index is 577. The maximum atomic E-state index is 12.4. The molecule has 0 bridgehead atoms. The number of nitrogens with zero attached hydrogens (tertiary/aromatic N) is 3. The lowest BCUT2D eigenvalue weighted by Gasteiger charge is -2.34. The molecule has 2 fully saturated rings. The van der Waals surface area contributed by atoms with E-state index in [1.54, 1.807) is 0 Å². The van der Waals surface area contributed by atoms with E-state index in [2.05, 4.69) is 22.1 Å². The van der Waals surface area contributed by atoms with Gasteiger partial charge < -0.3 is 10.2 Å². The monoisotopic (exact) mass is 330 g/mol. The molecular formula is C19H30N4O.